The minimum atomic E-state index is -0.396. The zero-order chi connectivity index (χ0) is 12.0. The Bertz CT molecular complexity index is 364. The maximum Gasteiger partial charge on any atom is 0.336 e. The predicted octanol–water partition coefficient (Wildman–Crippen LogP) is 1.03. The van der Waals surface area contributed by atoms with E-state index in [1.165, 1.54) is 12.8 Å². The van der Waals surface area contributed by atoms with Crippen molar-refractivity contribution in [2.75, 3.05) is 0 Å². The number of carbonyl (C=O) groups is 3. The van der Waals surface area contributed by atoms with E-state index < -0.39 is 11.8 Å². The van der Waals surface area contributed by atoms with Crippen LogP contribution in [0.1, 0.15) is 38.5 Å². The summed E-state index contributed by atoms with van der Waals surface area (Å²) in [6, 6.07) is 0. The first kappa shape index (κ1) is 10.7. The van der Waals surface area contributed by atoms with Gasteiger partial charge in [-0.05, 0) is 24.7 Å². The van der Waals surface area contributed by atoms with E-state index in [4.69, 9.17) is 4.84 Å². The van der Waals surface area contributed by atoms with Gasteiger partial charge in [-0.1, -0.05) is 12.8 Å². The van der Waals surface area contributed by atoms with Gasteiger partial charge in [0.05, 0.1) is 5.92 Å². The van der Waals surface area contributed by atoms with Crippen LogP contribution >= 0.6 is 0 Å². The van der Waals surface area contributed by atoms with Crippen molar-refractivity contribution in [1.29, 1.82) is 0 Å². The van der Waals surface area contributed by atoms with Crippen LogP contribution < -0.4 is 0 Å². The third-order valence-corrected chi connectivity index (χ3v) is 4.12. The number of amides is 2. The minimum Gasteiger partial charge on any atom is -0.330 e. The van der Waals surface area contributed by atoms with Crippen molar-refractivity contribution in [2.24, 2.45) is 17.8 Å². The molecule has 92 valence electrons. The highest BCUT2D eigenvalue weighted by Gasteiger charge is 2.56. The summed E-state index contributed by atoms with van der Waals surface area (Å²) in [5.74, 6) is -0.378. The molecule has 0 bridgehead atoms. The Balaban J connectivity index is 1.61. The van der Waals surface area contributed by atoms with E-state index in [1.54, 1.807) is 0 Å². The Labute approximate surface area is 99.0 Å². The summed E-state index contributed by atoms with van der Waals surface area (Å²) in [7, 11) is 0. The lowest BCUT2D eigenvalue weighted by atomic mass is 10.0. The molecule has 2 amide bonds. The highest BCUT2D eigenvalue weighted by atomic mass is 16.7. The summed E-state index contributed by atoms with van der Waals surface area (Å²) < 4.78 is 0. The van der Waals surface area contributed by atoms with Gasteiger partial charge in [0.25, 0.3) is 11.8 Å². The number of imide groups is 1. The molecule has 3 rings (SSSR count). The average Bonchev–Trinajstić information content (AvgIpc) is 2.99. The van der Waals surface area contributed by atoms with Crippen LogP contribution in [0.2, 0.25) is 0 Å². The van der Waals surface area contributed by atoms with Crippen LogP contribution in [0.4, 0.5) is 0 Å². The molecule has 1 saturated heterocycles. The van der Waals surface area contributed by atoms with Crippen LogP contribution in [0.15, 0.2) is 0 Å². The summed E-state index contributed by atoms with van der Waals surface area (Å²) in [4.78, 5) is 39.4. The smallest absolute Gasteiger partial charge is 0.330 e. The number of rotatable bonds is 2. The molecule has 0 aromatic rings. The lowest BCUT2D eigenvalue weighted by Crippen LogP contribution is -2.33. The minimum absolute atomic E-state index is 0.0706. The molecule has 2 aliphatic carbocycles. The first-order valence-corrected chi connectivity index (χ1v) is 6.26. The maximum absolute atomic E-state index is 11.9. The Morgan fingerprint density at radius 1 is 1.06 bits per heavy atom. The Morgan fingerprint density at radius 3 is 2.12 bits per heavy atom. The molecule has 0 spiro atoms. The van der Waals surface area contributed by atoms with Gasteiger partial charge in [0.15, 0.2) is 0 Å². The molecule has 3 fully saturated rings. The van der Waals surface area contributed by atoms with Crippen LogP contribution in [-0.2, 0) is 19.2 Å². The molecule has 5 heteroatoms. The number of hydrogen-bond donors (Lipinski definition) is 0. The lowest BCUT2D eigenvalue weighted by molar-refractivity contribution is -0.199. The monoisotopic (exact) mass is 237 g/mol. The second-order valence-electron chi connectivity index (χ2n) is 5.13. The largest absolute Gasteiger partial charge is 0.336 e. The fraction of sp³-hybridized carbons (Fsp3) is 0.750. The lowest BCUT2D eigenvalue weighted by Gasteiger charge is -2.12. The molecular formula is C12H15NO4. The number of hydrogen-bond acceptors (Lipinski definition) is 4. The molecule has 0 aromatic carbocycles. The standard InChI is InChI=1S/C12H15NO4/c14-9-5-6-10(15)13(9)17-12(16)11-7-3-1-2-4-8(7)11/h7-8,11H,1-6H2. The van der Waals surface area contributed by atoms with Crippen LogP contribution in [0, 0.1) is 17.8 Å². The van der Waals surface area contributed by atoms with Crippen LogP contribution in [0.5, 0.6) is 0 Å². The van der Waals surface area contributed by atoms with E-state index in [-0.39, 0.29) is 24.7 Å². The van der Waals surface area contributed by atoms with Gasteiger partial charge >= 0.3 is 5.97 Å². The molecule has 2 unspecified atom stereocenters. The number of nitrogens with zero attached hydrogens (tertiary/aromatic N) is 1. The van der Waals surface area contributed by atoms with Gasteiger partial charge in [-0.3, -0.25) is 9.59 Å². The van der Waals surface area contributed by atoms with Crippen LogP contribution in [0.3, 0.4) is 0 Å². The zero-order valence-corrected chi connectivity index (χ0v) is 9.55. The molecule has 1 aliphatic heterocycles. The summed E-state index contributed by atoms with van der Waals surface area (Å²) in [6.45, 7) is 0. The Morgan fingerprint density at radius 2 is 1.59 bits per heavy atom. The third kappa shape index (κ3) is 1.73. The first-order chi connectivity index (χ1) is 8.18. The molecule has 2 saturated carbocycles. The highest BCUT2D eigenvalue weighted by Crippen LogP contribution is 2.55. The Kier molecular flexibility index (Phi) is 2.42. The molecule has 0 radical (unpaired) electrons. The molecule has 0 N–H and O–H groups in total. The molecule has 3 aliphatic rings. The van der Waals surface area contributed by atoms with Crippen molar-refractivity contribution < 1.29 is 19.2 Å². The quantitative estimate of drug-likeness (QED) is 0.673. The number of carbonyl (C=O) groups excluding carboxylic acids is 3. The predicted molar refractivity (Wildman–Crippen MR) is 56.1 cm³/mol. The van der Waals surface area contributed by atoms with Gasteiger partial charge in [-0.2, -0.15) is 0 Å². The molecule has 5 nitrogen and oxygen atoms in total. The number of fused-ring (bicyclic) bond motifs is 1. The second kappa shape index (κ2) is 3.82. The molecule has 17 heavy (non-hydrogen) atoms. The maximum atomic E-state index is 11.9. The van der Waals surface area contributed by atoms with E-state index in [2.05, 4.69) is 0 Å². The molecule has 0 aromatic heterocycles. The fourth-order valence-corrected chi connectivity index (χ4v) is 3.15. The van der Waals surface area contributed by atoms with Gasteiger partial charge in [0.2, 0.25) is 0 Å². The topological polar surface area (TPSA) is 63.7 Å². The fourth-order valence-electron chi connectivity index (χ4n) is 3.15. The van der Waals surface area contributed by atoms with Gasteiger partial charge < -0.3 is 4.84 Å². The average molecular weight is 237 g/mol. The highest BCUT2D eigenvalue weighted by molar-refractivity contribution is 6.01. The van der Waals surface area contributed by atoms with Crippen molar-refractivity contribution in [1.82, 2.24) is 5.06 Å². The van der Waals surface area contributed by atoms with Gasteiger partial charge in [-0.15, -0.1) is 5.06 Å². The van der Waals surface area contributed by atoms with E-state index >= 15 is 0 Å². The van der Waals surface area contributed by atoms with Crippen molar-refractivity contribution >= 4 is 17.8 Å². The molecule has 2 atom stereocenters. The Hall–Kier alpha value is -1.39. The first-order valence-electron chi connectivity index (χ1n) is 6.26. The molecule has 1 heterocycles. The summed E-state index contributed by atoms with van der Waals surface area (Å²) in [6.07, 6.45) is 4.81. The summed E-state index contributed by atoms with van der Waals surface area (Å²) in [5, 5.41) is 0.659. The van der Waals surface area contributed by atoms with E-state index in [0.29, 0.717) is 16.9 Å². The normalized spacial score (nSPS) is 35.8. The van der Waals surface area contributed by atoms with Gasteiger partial charge in [-0.25, -0.2) is 4.79 Å². The van der Waals surface area contributed by atoms with E-state index in [1.807, 2.05) is 0 Å². The van der Waals surface area contributed by atoms with Crippen molar-refractivity contribution in [3.05, 3.63) is 0 Å². The summed E-state index contributed by atoms with van der Waals surface area (Å²) >= 11 is 0. The third-order valence-electron chi connectivity index (χ3n) is 4.12. The second-order valence-corrected chi connectivity index (χ2v) is 5.13. The van der Waals surface area contributed by atoms with Gasteiger partial charge in [0, 0.05) is 12.8 Å². The SMILES string of the molecule is O=C(ON1C(=O)CCC1=O)C1C2CCCCC21. The molecular weight excluding hydrogens is 222 g/mol. The van der Waals surface area contributed by atoms with Crippen molar-refractivity contribution in [3.63, 3.8) is 0 Å². The van der Waals surface area contributed by atoms with Gasteiger partial charge in [0.1, 0.15) is 0 Å². The van der Waals surface area contributed by atoms with Crippen molar-refractivity contribution in [3.8, 4) is 0 Å². The van der Waals surface area contributed by atoms with Crippen LogP contribution in [-0.4, -0.2) is 22.8 Å². The zero-order valence-electron chi connectivity index (χ0n) is 9.55. The van der Waals surface area contributed by atoms with E-state index in [9.17, 15) is 14.4 Å². The van der Waals surface area contributed by atoms with E-state index in [0.717, 1.165) is 12.8 Å². The van der Waals surface area contributed by atoms with Crippen molar-refractivity contribution in [2.45, 2.75) is 38.5 Å². The number of hydroxylamine groups is 2. The summed E-state index contributed by atoms with van der Waals surface area (Å²) in [5.41, 5.74) is 0. The van der Waals surface area contributed by atoms with Crippen LogP contribution in [0.25, 0.3) is 0 Å².